The molecule has 0 aromatic heterocycles. The highest BCUT2D eigenvalue weighted by atomic mass is 79.9. The molecule has 1 rings (SSSR count). The van der Waals surface area contributed by atoms with Crippen molar-refractivity contribution in [1.82, 2.24) is 0 Å². The molecular formula is C10H9BrO2. The van der Waals surface area contributed by atoms with E-state index in [1.54, 1.807) is 25.1 Å². The maximum absolute atomic E-state index is 11.3. The van der Waals surface area contributed by atoms with Gasteiger partial charge in [0.25, 0.3) is 0 Å². The van der Waals surface area contributed by atoms with E-state index in [4.69, 9.17) is 0 Å². The fraction of sp³-hybridized carbons (Fsp3) is 0.200. The highest BCUT2D eigenvalue weighted by molar-refractivity contribution is 9.10. The Labute approximate surface area is 85.1 Å². The van der Waals surface area contributed by atoms with Crippen LogP contribution in [0, 0.1) is 0 Å². The lowest BCUT2D eigenvalue weighted by molar-refractivity contribution is 0.0988. The molecule has 1 aromatic rings. The Morgan fingerprint density at radius 1 is 1.54 bits per heavy atom. The van der Waals surface area contributed by atoms with Crippen LogP contribution >= 0.6 is 15.9 Å². The number of hydrogen-bond acceptors (Lipinski definition) is 2. The average Bonchev–Trinajstić information content (AvgIpc) is 2.17. The predicted octanol–water partition coefficient (Wildman–Crippen LogP) is 2.85. The van der Waals surface area contributed by atoms with Gasteiger partial charge in [0.15, 0.2) is 12.1 Å². The first-order valence-electron chi connectivity index (χ1n) is 3.97. The molecule has 0 aliphatic carbocycles. The molecule has 0 N–H and O–H groups in total. The smallest absolute Gasteiger partial charge is 0.162 e. The highest BCUT2D eigenvalue weighted by Crippen LogP contribution is 2.17. The summed E-state index contributed by atoms with van der Waals surface area (Å²) >= 11 is 3.22. The van der Waals surface area contributed by atoms with E-state index < -0.39 is 0 Å². The summed E-state index contributed by atoms with van der Waals surface area (Å²) in [5.74, 6) is 0.0515. The minimum atomic E-state index is 0.0515. The summed E-state index contributed by atoms with van der Waals surface area (Å²) in [6.45, 7) is 1.80. The molecule has 68 valence electrons. The van der Waals surface area contributed by atoms with Gasteiger partial charge in [0.1, 0.15) is 0 Å². The van der Waals surface area contributed by atoms with Crippen LogP contribution in [0.1, 0.15) is 34.1 Å². The van der Waals surface area contributed by atoms with E-state index in [1.807, 2.05) is 0 Å². The van der Waals surface area contributed by atoms with Crippen LogP contribution in [0.25, 0.3) is 0 Å². The van der Waals surface area contributed by atoms with Crippen molar-refractivity contribution in [2.75, 3.05) is 0 Å². The Kier molecular flexibility index (Phi) is 3.37. The first-order chi connectivity index (χ1) is 6.19. The Bertz CT molecular complexity index is 345. The maximum atomic E-state index is 11.3. The molecule has 0 aliphatic rings. The number of carbonyl (C=O) groups excluding carboxylic acids is 2. The summed E-state index contributed by atoms with van der Waals surface area (Å²) in [5, 5.41) is 0. The van der Waals surface area contributed by atoms with E-state index in [0.29, 0.717) is 17.5 Å². The van der Waals surface area contributed by atoms with Crippen LogP contribution in [0.2, 0.25) is 0 Å². The van der Waals surface area contributed by atoms with Crippen LogP contribution in [0.4, 0.5) is 0 Å². The summed E-state index contributed by atoms with van der Waals surface area (Å²) in [7, 11) is 0. The van der Waals surface area contributed by atoms with E-state index in [9.17, 15) is 9.59 Å². The molecule has 0 saturated heterocycles. The van der Waals surface area contributed by atoms with Crippen LogP contribution in [0.5, 0.6) is 0 Å². The van der Waals surface area contributed by atoms with Gasteiger partial charge >= 0.3 is 0 Å². The van der Waals surface area contributed by atoms with Crippen molar-refractivity contribution >= 4 is 28.0 Å². The fourth-order valence-corrected chi connectivity index (χ4v) is 1.35. The second kappa shape index (κ2) is 4.33. The monoisotopic (exact) mass is 240 g/mol. The van der Waals surface area contributed by atoms with E-state index in [-0.39, 0.29) is 5.78 Å². The number of ketones is 1. The number of rotatable bonds is 3. The number of Topliss-reactive ketones (excluding diaryl/α,β-unsaturated/α-hetero) is 1. The molecule has 1 aromatic carbocycles. The minimum absolute atomic E-state index is 0.0515. The average molecular weight is 241 g/mol. The van der Waals surface area contributed by atoms with Crippen LogP contribution in [-0.2, 0) is 0 Å². The number of aldehydes is 1. The molecule has 0 aliphatic heterocycles. The van der Waals surface area contributed by atoms with Gasteiger partial charge in [0.05, 0.1) is 0 Å². The molecule has 3 heteroatoms. The first-order valence-corrected chi connectivity index (χ1v) is 4.76. The quantitative estimate of drug-likeness (QED) is 0.602. The van der Waals surface area contributed by atoms with Crippen molar-refractivity contribution < 1.29 is 9.59 Å². The Hall–Kier alpha value is -0.960. The van der Waals surface area contributed by atoms with Gasteiger partial charge in [-0.2, -0.15) is 0 Å². The molecule has 0 bridgehead atoms. The van der Waals surface area contributed by atoms with E-state index in [1.165, 1.54) is 0 Å². The summed E-state index contributed by atoms with van der Waals surface area (Å²) in [6, 6.07) is 5.03. The highest BCUT2D eigenvalue weighted by Gasteiger charge is 2.05. The molecule has 0 radical (unpaired) electrons. The normalized spacial score (nSPS) is 9.69. The number of carbonyl (C=O) groups is 2. The van der Waals surface area contributed by atoms with Gasteiger partial charge in [0.2, 0.25) is 0 Å². The van der Waals surface area contributed by atoms with Crippen molar-refractivity contribution in [1.29, 1.82) is 0 Å². The van der Waals surface area contributed by atoms with Crippen molar-refractivity contribution in [3.63, 3.8) is 0 Å². The fourth-order valence-electron chi connectivity index (χ4n) is 1.01. The Morgan fingerprint density at radius 2 is 2.23 bits per heavy atom. The zero-order chi connectivity index (χ0) is 9.84. The molecular weight excluding hydrogens is 232 g/mol. The molecule has 0 atom stereocenters. The van der Waals surface area contributed by atoms with Crippen LogP contribution < -0.4 is 0 Å². The summed E-state index contributed by atoms with van der Waals surface area (Å²) in [5.41, 5.74) is 1.10. The molecule has 2 nitrogen and oxygen atoms in total. The SMILES string of the molecule is CCC(=O)c1ccc(Br)c(C=O)c1. The lowest BCUT2D eigenvalue weighted by Gasteiger charge is -2.00. The molecule has 0 heterocycles. The molecule has 0 unspecified atom stereocenters. The van der Waals surface area contributed by atoms with Crippen LogP contribution in [-0.4, -0.2) is 12.1 Å². The van der Waals surface area contributed by atoms with Gasteiger partial charge in [-0.15, -0.1) is 0 Å². The standard InChI is InChI=1S/C10H9BrO2/c1-2-10(13)7-3-4-9(11)8(5-7)6-12/h3-6H,2H2,1H3. The predicted molar refractivity (Wildman–Crippen MR) is 54.2 cm³/mol. The zero-order valence-corrected chi connectivity index (χ0v) is 8.80. The maximum Gasteiger partial charge on any atom is 0.162 e. The molecule has 0 amide bonds. The van der Waals surface area contributed by atoms with Crippen molar-refractivity contribution in [3.8, 4) is 0 Å². The number of hydrogen-bond donors (Lipinski definition) is 0. The Balaban J connectivity index is 3.13. The molecule has 13 heavy (non-hydrogen) atoms. The van der Waals surface area contributed by atoms with E-state index in [2.05, 4.69) is 15.9 Å². The van der Waals surface area contributed by atoms with Gasteiger partial charge < -0.3 is 0 Å². The largest absolute Gasteiger partial charge is 0.298 e. The zero-order valence-electron chi connectivity index (χ0n) is 7.21. The van der Waals surface area contributed by atoms with Gasteiger partial charge in [0, 0.05) is 22.0 Å². The Morgan fingerprint density at radius 3 is 2.77 bits per heavy atom. The first kappa shape index (κ1) is 10.1. The molecule has 0 spiro atoms. The molecule has 0 saturated carbocycles. The van der Waals surface area contributed by atoms with E-state index >= 15 is 0 Å². The van der Waals surface area contributed by atoms with E-state index in [0.717, 1.165) is 10.8 Å². The van der Waals surface area contributed by atoms with Crippen molar-refractivity contribution in [3.05, 3.63) is 33.8 Å². The second-order valence-electron chi connectivity index (χ2n) is 2.63. The lowest BCUT2D eigenvalue weighted by Crippen LogP contribution is -1.97. The summed E-state index contributed by atoms with van der Waals surface area (Å²) < 4.78 is 0.718. The van der Waals surface area contributed by atoms with Gasteiger partial charge in [-0.3, -0.25) is 9.59 Å². The number of benzene rings is 1. The molecule has 0 fully saturated rings. The van der Waals surface area contributed by atoms with Gasteiger partial charge in [-0.25, -0.2) is 0 Å². The van der Waals surface area contributed by atoms with Crippen molar-refractivity contribution in [2.24, 2.45) is 0 Å². The van der Waals surface area contributed by atoms with Gasteiger partial charge in [-0.1, -0.05) is 28.9 Å². The topological polar surface area (TPSA) is 34.1 Å². The van der Waals surface area contributed by atoms with Crippen LogP contribution in [0.3, 0.4) is 0 Å². The minimum Gasteiger partial charge on any atom is -0.298 e. The van der Waals surface area contributed by atoms with Gasteiger partial charge in [-0.05, 0) is 12.1 Å². The summed E-state index contributed by atoms with van der Waals surface area (Å²) in [4.78, 5) is 21.8. The number of halogens is 1. The third-order valence-electron chi connectivity index (χ3n) is 1.77. The summed E-state index contributed by atoms with van der Waals surface area (Å²) in [6.07, 6.45) is 1.19. The lowest BCUT2D eigenvalue weighted by atomic mass is 10.1. The second-order valence-corrected chi connectivity index (χ2v) is 3.49. The third kappa shape index (κ3) is 2.25. The van der Waals surface area contributed by atoms with Crippen LogP contribution in [0.15, 0.2) is 22.7 Å². The van der Waals surface area contributed by atoms with Crippen molar-refractivity contribution in [2.45, 2.75) is 13.3 Å². The third-order valence-corrected chi connectivity index (χ3v) is 2.49.